The van der Waals surface area contributed by atoms with Gasteiger partial charge in [-0.3, -0.25) is 0 Å². The molecule has 0 spiro atoms. The van der Waals surface area contributed by atoms with E-state index in [4.69, 9.17) is 5.73 Å². The zero-order valence-electron chi connectivity index (χ0n) is 9.47. The van der Waals surface area contributed by atoms with Crippen LogP contribution in [0.25, 0.3) is 0 Å². The van der Waals surface area contributed by atoms with Gasteiger partial charge >= 0.3 is 0 Å². The van der Waals surface area contributed by atoms with E-state index in [2.05, 4.69) is 34.6 Å². The Morgan fingerprint density at radius 1 is 1.12 bits per heavy atom. The Morgan fingerprint density at radius 3 is 2.65 bits per heavy atom. The van der Waals surface area contributed by atoms with E-state index < -0.39 is 0 Å². The van der Waals surface area contributed by atoms with E-state index in [0.29, 0.717) is 5.69 Å². The summed E-state index contributed by atoms with van der Waals surface area (Å²) >= 11 is 1.83. The number of hydrogen-bond donors (Lipinski definition) is 2. The van der Waals surface area contributed by atoms with Gasteiger partial charge in [0.05, 0.1) is 11.9 Å². The number of thioether (sulfide) groups is 1. The van der Waals surface area contributed by atoms with Crippen molar-refractivity contribution >= 4 is 23.3 Å². The molecule has 0 radical (unpaired) electrons. The Hall–Kier alpha value is -1.68. The van der Waals surface area contributed by atoms with Crippen molar-refractivity contribution in [1.82, 2.24) is 4.98 Å². The summed E-state index contributed by atoms with van der Waals surface area (Å²) in [6.45, 7) is 0.885. The van der Waals surface area contributed by atoms with Gasteiger partial charge in [0.2, 0.25) is 0 Å². The van der Waals surface area contributed by atoms with Crippen LogP contribution in [-0.2, 0) is 0 Å². The van der Waals surface area contributed by atoms with Gasteiger partial charge in [0.25, 0.3) is 0 Å². The number of anilines is 2. The van der Waals surface area contributed by atoms with Gasteiger partial charge in [-0.2, -0.15) is 0 Å². The van der Waals surface area contributed by atoms with Crippen LogP contribution in [0.4, 0.5) is 11.5 Å². The monoisotopic (exact) mass is 245 g/mol. The van der Waals surface area contributed by atoms with E-state index in [-0.39, 0.29) is 0 Å². The van der Waals surface area contributed by atoms with Crippen molar-refractivity contribution in [3.8, 4) is 0 Å². The predicted molar refractivity (Wildman–Crippen MR) is 74.3 cm³/mol. The van der Waals surface area contributed by atoms with E-state index >= 15 is 0 Å². The van der Waals surface area contributed by atoms with Crippen LogP contribution in [0, 0.1) is 0 Å². The van der Waals surface area contributed by atoms with Crippen molar-refractivity contribution in [3.05, 3.63) is 48.7 Å². The first-order chi connectivity index (χ1) is 8.34. The van der Waals surface area contributed by atoms with E-state index in [1.54, 1.807) is 6.20 Å². The molecular weight excluding hydrogens is 230 g/mol. The minimum absolute atomic E-state index is 0.689. The molecule has 17 heavy (non-hydrogen) atoms. The van der Waals surface area contributed by atoms with Gasteiger partial charge in [-0.1, -0.05) is 18.2 Å². The zero-order chi connectivity index (χ0) is 11.9. The van der Waals surface area contributed by atoms with Gasteiger partial charge in [0.1, 0.15) is 5.82 Å². The van der Waals surface area contributed by atoms with Crippen molar-refractivity contribution in [1.29, 1.82) is 0 Å². The lowest BCUT2D eigenvalue weighted by Crippen LogP contribution is -2.05. The molecule has 0 amide bonds. The summed E-state index contributed by atoms with van der Waals surface area (Å²) < 4.78 is 0. The average Bonchev–Trinajstić information content (AvgIpc) is 2.38. The Bertz CT molecular complexity index is 442. The first-order valence-electron chi connectivity index (χ1n) is 5.48. The molecule has 0 saturated carbocycles. The highest BCUT2D eigenvalue weighted by molar-refractivity contribution is 7.99. The molecule has 3 N–H and O–H groups in total. The van der Waals surface area contributed by atoms with Gasteiger partial charge in [-0.15, -0.1) is 11.8 Å². The van der Waals surface area contributed by atoms with Gasteiger partial charge in [0.15, 0.2) is 0 Å². The molecular formula is C13H15N3S. The van der Waals surface area contributed by atoms with Crippen LogP contribution in [0.2, 0.25) is 0 Å². The van der Waals surface area contributed by atoms with Crippen molar-refractivity contribution in [2.24, 2.45) is 0 Å². The number of nitrogens with zero attached hydrogens (tertiary/aromatic N) is 1. The maximum Gasteiger partial charge on any atom is 0.126 e. The van der Waals surface area contributed by atoms with Crippen LogP contribution in [0.5, 0.6) is 0 Å². The fourth-order valence-corrected chi connectivity index (χ4v) is 2.16. The molecule has 2 rings (SSSR count). The van der Waals surface area contributed by atoms with E-state index in [1.807, 2.05) is 30.0 Å². The molecule has 3 nitrogen and oxygen atoms in total. The normalized spacial score (nSPS) is 10.1. The first kappa shape index (κ1) is 11.8. The Morgan fingerprint density at radius 2 is 1.94 bits per heavy atom. The Labute approximate surface area is 105 Å². The molecule has 88 valence electrons. The largest absolute Gasteiger partial charge is 0.397 e. The second-order valence-electron chi connectivity index (χ2n) is 3.57. The number of nitrogen functional groups attached to an aromatic ring is 1. The summed E-state index contributed by atoms with van der Waals surface area (Å²) in [5.74, 6) is 1.88. The van der Waals surface area contributed by atoms with Crippen molar-refractivity contribution in [3.63, 3.8) is 0 Å². The van der Waals surface area contributed by atoms with E-state index in [1.165, 1.54) is 4.90 Å². The highest BCUT2D eigenvalue weighted by atomic mass is 32.2. The smallest absolute Gasteiger partial charge is 0.126 e. The molecule has 1 aromatic carbocycles. The van der Waals surface area contributed by atoms with Crippen molar-refractivity contribution < 1.29 is 0 Å². The quantitative estimate of drug-likeness (QED) is 0.628. The van der Waals surface area contributed by atoms with Crippen LogP contribution < -0.4 is 11.1 Å². The molecule has 0 aliphatic rings. The van der Waals surface area contributed by atoms with Gasteiger partial charge < -0.3 is 11.1 Å². The standard InChI is InChI=1S/C13H15N3S/c14-11-6-7-13(16-10-11)15-8-9-17-12-4-2-1-3-5-12/h1-7,10H,8-9,14H2,(H,15,16). The molecule has 0 fully saturated rings. The number of nitrogens with two attached hydrogens (primary N) is 1. The van der Waals surface area contributed by atoms with E-state index in [0.717, 1.165) is 18.1 Å². The maximum absolute atomic E-state index is 5.56. The van der Waals surface area contributed by atoms with Crippen LogP contribution in [0.15, 0.2) is 53.6 Å². The lowest BCUT2D eigenvalue weighted by molar-refractivity contribution is 1.17. The SMILES string of the molecule is Nc1ccc(NCCSc2ccccc2)nc1. The molecule has 1 heterocycles. The minimum atomic E-state index is 0.689. The Balaban J connectivity index is 1.71. The zero-order valence-corrected chi connectivity index (χ0v) is 10.3. The van der Waals surface area contributed by atoms with Crippen LogP contribution in [0.3, 0.4) is 0 Å². The fraction of sp³-hybridized carbons (Fsp3) is 0.154. The summed E-state index contributed by atoms with van der Waals surface area (Å²) in [4.78, 5) is 5.47. The number of nitrogens with one attached hydrogen (secondary N) is 1. The van der Waals surface area contributed by atoms with Gasteiger partial charge in [-0.05, 0) is 24.3 Å². The highest BCUT2D eigenvalue weighted by Crippen LogP contribution is 2.16. The molecule has 0 unspecified atom stereocenters. The molecule has 0 bridgehead atoms. The first-order valence-corrected chi connectivity index (χ1v) is 6.46. The summed E-state index contributed by atoms with van der Waals surface area (Å²) in [6.07, 6.45) is 1.66. The third-order valence-electron chi connectivity index (χ3n) is 2.21. The summed E-state index contributed by atoms with van der Waals surface area (Å²) in [5.41, 5.74) is 6.25. The molecule has 0 aliphatic heterocycles. The van der Waals surface area contributed by atoms with Crippen molar-refractivity contribution in [2.75, 3.05) is 23.3 Å². The lowest BCUT2D eigenvalue weighted by atomic mass is 10.4. The predicted octanol–water partition coefficient (Wildman–Crippen LogP) is 2.87. The second kappa shape index (κ2) is 6.15. The number of hydrogen-bond acceptors (Lipinski definition) is 4. The molecule has 2 aromatic rings. The molecule has 1 aromatic heterocycles. The number of aromatic nitrogens is 1. The molecule has 0 atom stereocenters. The van der Waals surface area contributed by atoms with Crippen LogP contribution in [-0.4, -0.2) is 17.3 Å². The lowest BCUT2D eigenvalue weighted by Gasteiger charge is -2.05. The third kappa shape index (κ3) is 4.00. The van der Waals surface area contributed by atoms with Gasteiger partial charge in [0, 0.05) is 17.2 Å². The van der Waals surface area contributed by atoms with Crippen LogP contribution in [0.1, 0.15) is 0 Å². The third-order valence-corrected chi connectivity index (χ3v) is 3.22. The number of pyridine rings is 1. The van der Waals surface area contributed by atoms with E-state index in [9.17, 15) is 0 Å². The summed E-state index contributed by atoms with van der Waals surface area (Å²) in [6, 6.07) is 14.1. The van der Waals surface area contributed by atoms with Gasteiger partial charge in [-0.25, -0.2) is 4.98 Å². The van der Waals surface area contributed by atoms with Crippen molar-refractivity contribution in [2.45, 2.75) is 4.90 Å². The Kier molecular flexibility index (Phi) is 4.27. The molecule has 4 heteroatoms. The second-order valence-corrected chi connectivity index (χ2v) is 4.73. The average molecular weight is 245 g/mol. The summed E-state index contributed by atoms with van der Waals surface area (Å²) in [5, 5.41) is 3.25. The molecule has 0 saturated heterocycles. The highest BCUT2D eigenvalue weighted by Gasteiger charge is 1.94. The minimum Gasteiger partial charge on any atom is -0.397 e. The molecule has 0 aliphatic carbocycles. The van der Waals surface area contributed by atoms with Crippen LogP contribution >= 0.6 is 11.8 Å². The maximum atomic E-state index is 5.56. The summed E-state index contributed by atoms with van der Waals surface area (Å²) in [7, 11) is 0. The fourth-order valence-electron chi connectivity index (χ4n) is 1.37. The topological polar surface area (TPSA) is 50.9 Å². The number of benzene rings is 1. The number of rotatable bonds is 5.